The SMILES string of the molecule is COC=Cc1cccc(OC)c1OCC(C)(C)C1OCCO1. The Morgan fingerprint density at radius 3 is 2.59 bits per heavy atom. The van der Waals surface area contributed by atoms with Gasteiger partial charge < -0.3 is 23.7 Å². The number of para-hydroxylation sites is 1. The summed E-state index contributed by atoms with van der Waals surface area (Å²) in [6.07, 6.45) is 3.20. The Balaban J connectivity index is 2.15. The predicted octanol–water partition coefficient (Wildman–Crippen LogP) is 3.09. The summed E-state index contributed by atoms with van der Waals surface area (Å²) in [5.41, 5.74) is 0.629. The molecule has 1 fully saturated rings. The summed E-state index contributed by atoms with van der Waals surface area (Å²) in [5, 5.41) is 0. The molecule has 2 rings (SSSR count). The first-order chi connectivity index (χ1) is 10.6. The predicted molar refractivity (Wildman–Crippen MR) is 84.0 cm³/mol. The molecule has 1 saturated heterocycles. The summed E-state index contributed by atoms with van der Waals surface area (Å²) in [7, 11) is 3.23. The molecule has 1 aliphatic heterocycles. The van der Waals surface area contributed by atoms with Crippen LogP contribution in [0.2, 0.25) is 0 Å². The Hall–Kier alpha value is -1.72. The van der Waals surface area contributed by atoms with Crippen molar-refractivity contribution in [3.8, 4) is 11.5 Å². The minimum absolute atomic E-state index is 0.250. The lowest BCUT2D eigenvalue weighted by Gasteiger charge is -2.30. The summed E-state index contributed by atoms with van der Waals surface area (Å²) in [5.74, 6) is 1.37. The van der Waals surface area contributed by atoms with Gasteiger partial charge in [0.15, 0.2) is 17.8 Å². The van der Waals surface area contributed by atoms with Gasteiger partial charge in [0.25, 0.3) is 0 Å². The van der Waals surface area contributed by atoms with Crippen molar-refractivity contribution in [2.75, 3.05) is 34.0 Å². The zero-order chi connectivity index (χ0) is 16.0. The molecular weight excluding hydrogens is 284 g/mol. The first-order valence-corrected chi connectivity index (χ1v) is 7.31. The van der Waals surface area contributed by atoms with Crippen molar-refractivity contribution in [3.05, 3.63) is 30.0 Å². The molecule has 1 heterocycles. The normalized spacial score (nSPS) is 16.2. The van der Waals surface area contributed by atoms with Crippen LogP contribution in [-0.4, -0.2) is 40.3 Å². The number of ether oxygens (including phenoxy) is 5. The number of benzene rings is 1. The Morgan fingerprint density at radius 2 is 1.95 bits per heavy atom. The Morgan fingerprint density at radius 1 is 1.23 bits per heavy atom. The highest BCUT2D eigenvalue weighted by molar-refractivity contribution is 5.61. The molecule has 0 aromatic heterocycles. The van der Waals surface area contributed by atoms with Gasteiger partial charge in [-0.15, -0.1) is 0 Å². The van der Waals surface area contributed by atoms with E-state index in [2.05, 4.69) is 13.8 Å². The van der Waals surface area contributed by atoms with E-state index < -0.39 is 0 Å². The minimum Gasteiger partial charge on any atom is -0.504 e. The van der Waals surface area contributed by atoms with Crippen LogP contribution >= 0.6 is 0 Å². The molecule has 5 nitrogen and oxygen atoms in total. The standard InChI is InChI=1S/C17H24O5/c1-17(2,16-20-10-11-21-16)12-22-15-13(8-9-18-3)6-5-7-14(15)19-4/h5-9,16H,10-12H2,1-4H3. The molecule has 1 aromatic carbocycles. The van der Waals surface area contributed by atoms with Crippen molar-refractivity contribution in [3.63, 3.8) is 0 Å². The summed E-state index contributed by atoms with van der Waals surface area (Å²) >= 11 is 0. The molecule has 122 valence electrons. The summed E-state index contributed by atoms with van der Waals surface area (Å²) in [4.78, 5) is 0. The molecule has 0 N–H and O–H groups in total. The van der Waals surface area contributed by atoms with Crippen LogP contribution in [0.1, 0.15) is 19.4 Å². The van der Waals surface area contributed by atoms with E-state index in [1.54, 1.807) is 20.5 Å². The fraction of sp³-hybridized carbons (Fsp3) is 0.529. The first kappa shape index (κ1) is 16.6. The van der Waals surface area contributed by atoms with Crippen LogP contribution < -0.4 is 9.47 Å². The lowest BCUT2D eigenvalue weighted by Crippen LogP contribution is -2.36. The van der Waals surface area contributed by atoms with Gasteiger partial charge in [0.05, 0.1) is 40.3 Å². The van der Waals surface area contributed by atoms with E-state index in [1.807, 2.05) is 24.3 Å². The van der Waals surface area contributed by atoms with Crippen LogP contribution in [0, 0.1) is 5.41 Å². The van der Waals surface area contributed by atoms with Gasteiger partial charge in [-0.05, 0) is 12.1 Å². The van der Waals surface area contributed by atoms with Crippen LogP contribution in [0.25, 0.3) is 6.08 Å². The van der Waals surface area contributed by atoms with Gasteiger partial charge in [0, 0.05) is 11.0 Å². The quantitative estimate of drug-likeness (QED) is 0.724. The van der Waals surface area contributed by atoms with Crippen LogP contribution in [0.3, 0.4) is 0 Å². The monoisotopic (exact) mass is 308 g/mol. The molecular formula is C17H24O5. The van der Waals surface area contributed by atoms with Gasteiger partial charge in [0.1, 0.15) is 0 Å². The van der Waals surface area contributed by atoms with Gasteiger partial charge in [-0.1, -0.05) is 26.0 Å². The minimum atomic E-state index is -0.264. The number of hydrogen-bond donors (Lipinski definition) is 0. The van der Waals surface area contributed by atoms with E-state index in [4.69, 9.17) is 23.7 Å². The van der Waals surface area contributed by atoms with Crippen LogP contribution in [0.4, 0.5) is 0 Å². The Kier molecular flexibility index (Phi) is 5.69. The maximum Gasteiger partial charge on any atom is 0.168 e. The fourth-order valence-corrected chi connectivity index (χ4v) is 2.26. The molecule has 0 amide bonds. The topological polar surface area (TPSA) is 46.2 Å². The zero-order valence-electron chi connectivity index (χ0n) is 13.6. The van der Waals surface area contributed by atoms with Crippen LogP contribution in [-0.2, 0) is 14.2 Å². The molecule has 0 saturated carbocycles. The molecule has 0 unspecified atom stereocenters. The fourth-order valence-electron chi connectivity index (χ4n) is 2.26. The maximum atomic E-state index is 6.04. The number of methoxy groups -OCH3 is 2. The third kappa shape index (κ3) is 3.93. The first-order valence-electron chi connectivity index (χ1n) is 7.31. The number of rotatable bonds is 7. The average molecular weight is 308 g/mol. The largest absolute Gasteiger partial charge is 0.504 e. The van der Waals surface area contributed by atoms with Crippen LogP contribution in [0.15, 0.2) is 24.5 Å². The Bertz CT molecular complexity index is 504. The summed E-state index contributed by atoms with van der Waals surface area (Å²) in [6.45, 7) is 5.83. The molecule has 0 atom stereocenters. The molecule has 22 heavy (non-hydrogen) atoms. The number of hydrogen-bond acceptors (Lipinski definition) is 5. The molecule has 0 aliphatic carbocycles. The van der Waals surface area contributed by atoms with E-state index in [1.165, 1.54) is 0 Å². The van der Waals surface area contributed by atoms with E-state index >= 15 is 0 Å². The highest BCUT2D eigenvalue weighted by Crippen LogP contribution is 2.35. The summed E-state index contributed by atoms with van der Waals surface area (Å²) < 4.78 is 27.6. The van der Waals surface area contributed by atoms with Crippen molar-refractivity contribution in [1.29, 1.82) is 0 Å². The van der Waals surface area contributed by atoms with E-state index in [0.29, 0.717) is 31.3 Å². The Labute approximate surface area is 131 Å². The summed E-state index contributed by atoms with van der Waals surface area (Å²) in [6, 6.07) is 5.73. The van der Waals surface area contributed by atoms with E-state index in [0.717, 1.165) is 5.56 Å². The van der Waals surface area contributed by atoms with Crippen LogP contribution in [0.5, 0.6) is 11.5 Å². The molecule has 5 heteroatoms. The molecule has 0 spiro atoms. The van der Waals surface area contributed by atoms with Crippen molar-refractivity contribution in [2.24, 2.45) is 5.41 Å². The second kappa shape index (κ2) is 7.51. The van der Waals surface area contributed by atoms with Gasteiger partial charge in [0.2, 0.25) is 0 Å². The smallest absolute Gasteiger partial charge is 0.168 e. The van der Waals surface area contributed by atoms with Crippen molar-refractivity contribution >= 4 is 6.08 Å². The van der Waals surface area contributed by atoms with Gasteiger partial charge in [-0.2, -0.15) is 0 Å². The highest BCUT2D eigenvalue weighted by Gasteiger charge is 2.35. The van der Waals surface area contributed by atoms with E-state index in [-0.39, 0.29) is 11.7 Å². The van der Waals surface area contributed by atoms with Crippen molar-refractivity contribution < 1.29 is 23.7 Å². The second-order valence-corrected chi connectivity index (χ2v) is 5.77. The molecule has 0 bridgehead atoms. The molecule has 0 radical (unpaired) electrons. The molecule has 1 aromatic rings. The van der Waals surface area contributed by atoms with E-state index in [9.17, 15) is 0 Å². The third-order valence-corrected chi connectivity index (χ3v) is 3.46. The average Bonchev–Trinajstić information content (AvgIpc) is 3.06. The lowest BCUT2D eigenvalue weighted by molar-refractivity contribution is -0.131. The second-order valence-electron chi connectivity index (χ2n) is 5.77. The van der Waals surface area contributed by atoms with Crippen molar-refractivity contribution in [1.82, 2.24) is 0 Å². The van der Waals surface area contributed by atoms with Crippen molar-refractivity contribution in [2.45, 2.75) is 20.1 Å². The highest BCUT2D eigenvalue weighted by atomic mass is 16.7. The third-order valence-electron chi connectivity index (χ3n) is 3.46. The van der Waals surface area contributed by atoms with Gasteiger partial charge >= 0.3 is 0 Å². The van der Waals surface area contributed by atoms with Gasteiger partial charge in [-0.25, -0.2) is 0 Å². The van der Waals surface area contributed by atoms with Gasteiger partial charge in [-0.3, -0.25) is 0 Å². The lowest BCUT2D eigenvalue weighted by atomic mass is 9.94. The molecule has 1 aliphatic rings. The maximum absolute atomic E-state index is 6.04. The zero-order valence-corrected chi connectivity index (χ0v) is 13.6.